The molecule has 0 aliphatic carbocycles. The zero-order valence-electron chi connectivity index (χ0n) is 9.34. The van der Waals surface area contributed by atoms with Crippen LogP contribution in [0.15, 0.2) is 18.2 Å². The van der Waals surface area contributed by atoms with E-state index in [1.807, 2.05) is 0 Å². The lowest BCUT2D eigenvalue weighted by Gasteiger charge is -2.10. The standard InChI is InChI=1S/C10H12FN3O4/c11-6-2-1-3-8(14(16)17)9(6)18-5-4-7(12)10(13)15/h1-3,7H,4-5,12H2,(H2,13,15). The number of ether oxygens (including phenoxy) is 1. The molecule has 0 heterocycles. The smallest absolute Gasteiger partial charge is 0.314 e. The van der Waals surface area contributed by atoms with Crippen molar-refractivity contribution in [2.75, 3.05) is 6.61 Å². The number of nitro groups is 1. The van der Waals surface area contributed by atoms with Crippen molar-refractivity contribution in [3.8, 4) is 5.75 Å². The van der Waals surface area contributed by atoms with Crippen molar-refractivity contribution in [3.05, 3.63) is 34.1 Å². The number of nitrogens with zero attached hydrogens (tertiary/aromatic N) is 1. The van der Waals surface area contributed by atoms with Gasteiger partial charge in [-0.05, 0) is 6.07 Å². The lowest BCUT2D eigenvalue weighted by atomic mass is 10.2. The van der Waals surface area contributed by atoms with Crippen molar-refractivity contribution in [2.45, 2.75) is 12.5 Å². The number of carbonyl (C=O) groups is 1. The summed E-state index contributed by atoms with van der Waals surface area (Å²) in [6.45, 7) is -0.147. The largest absolute Gasteiger partial charge is 0.485 e. The van der Waals surface area contributed by atoms with Gasteiger partial charge in [0.05, 0.1) is 17.6 Å². The molecule has 0 fully saturated rings. The van der Waals surface area contributed by atoms with Gasteiger partial charge in [0.25, 0.3) is 0 Å². The van der Waals surface area contributed by atoms with Gasteiger partial charge in [-0.2, -0.15) is 0 Å². The van der Waals surface area contributed by atoms with Gasteiger partial charge < -0.3 is 16.2 Å². The second kappa shape index (κ2) is 5.92. The molecule has 1 atom stereocenters. The summed E-state index contributed by atoms with van der Waals surface area (Å²) in [4.78, 5) is 20.5. The first-order chi connectivity index (χ1) is 8.43. The summed E-state index contributed by atoms with van der Waals surface area (Å²) in [5.41, 5.74) is 9.77. The van der Waals surface area contributed by atoms with E-state index in [4.69, 9.17) is 16.2 Å². The second-order valence-electron chi connectivity index (χ2n) is 3.49. The molecule has 0 aromatic heterocycles. The number of hydrogen-bond acceptors (Lipinski definition) is 5. The minimum Gasteiger partial charge on any atom is -0.485 e. The molecule has 18 heavy (non-hydrogen) atoms. The highest BCUT2D eigenvalue weighted by Crippen LogP contribution is 2.29. The summed E-state index contributed by atoms with van der Waals surface area (Å²) in [6, 6.07) is 2.42. The summed E-state index contributed by atoms with van der Waals surface area (Å²) >= 11 is 0. The van der Waals surface area contributed by atoms with Gasteiger partial charge in [0.15, 0.2) is 5.82 Å². The van der Waals surface area contributed by atoms with E-state index in [9.17, 15) is 19.3 Å². The van der Waals surface area contributed by atoms with Gasteiger partial charge in [0.2, 0.25) is 11.7 Å². The molecule has 1 unspecified atom stereocenters. The van der Waals surface area contributed by atoms with Crippen molar-refractivity contribution < 1.29 is 18.8 Å². The van der Waals surface area contributed by atoms with Crippen LogP contribution in [0.1, 0.15) is 6.42 Å². The fraction of sp³-hybridized carbons (Fsp3) is 0.300. The van der Waals surface area contributed by atoms with Gasteiger partial charge in [0, 0.05) is 12.5 Å². The third kappa shape index (κ3) is 3.39. The molecule has 98 valence electrons. The Morgan fingerprint density at radius 3 is 2.78 bits per heavy atom. The fourth-order valence-corrected chi connectivity index (χ4v) is 1.21. The molecule has 0 radical (unpaired) electrons. The maximum atomic E-state index is 13.3. The number of nitrogens with two attached hydrogens (primary N) is 2. The molecule has 1 aromatic rings. The Kier molecular flexibility index (Phi) is 4.55. The van der Waals surface area contributed by atoms with Gasteiger partial charge >= 0.3 is 5.69 Å². The van der Waals surface area contributed by atoms with Crippen molar-refractivity contribution in [1.29, 1.82) is 0 Å². The number of amides is 1. The Morgan fingerprint density at radius 1 is 1.56 bits per heavy atom. The lowest BCUT2D eigenvalue weighted by molar-refractivity contribution is -0.386. The SMILES string of the molecule is NC(=O)C(N)CCOc1c(F)cccc1[N+](=O)[O-]. The van der Waals surface area contributed by atoms with Crippen LogP contribution in [-0.2, 0) is 4.79 Å². The minimum atomic E-state index is -0.934. The number of primary amides is 1. The third-order valence-electron chi connectivity index (χ3n) is 2.18. The topological polar surface area (TPSA) is 121 Å². The molecule has 0 spiro atoms. The van der Waals surface area contributed by atoms with Gasteiger partial charge in [-0.25, -0.2) is 4.39 Å². The molecule has 1 rings (SSSR count). The number of para-hydroxylation sites is 1. The van der Waals surface area contributed by atoms with Crippen molar-refractivity contribution in [3.63, 3.8) is 0 Å². The van der Waals surface area contributed by atoms with E-state index in [1.165, 1.54) is 6.07 Å². The van der Waals surface area contributed by atoms with Crippen LogP contribution in [0.4, 0.5) is 10.1 Å². The van der Waals surface area contributed by atoms with E-state index < -0.39 is 34.1 Å². The molecule has 0 bridgehead atoms. The molecular formula is C10H12FN3O4. The predicted octanol–water partition coefficient (Wildman–Crippen LogP) is 0.315. The van der Waals surface area contributed by atoms with Gasteiger partial charge in [-0.3, -0.25) is 14.9 Å². The lowest BCUT2D eigenvalue weighted by Crippen LogP contribution is -2.37. The average Bonchev–Trinajstić information content (AvgIpc) is 2.30. The van der Waals surface area contributed by atoms with Crippen molar-refractivity contribution >= 4 is 11.6 Å². The van der Waals surface area contributed by atoms with E-state index in [0.717, 1.165) is 12.1 Å². The highest BCUT2D eigenvalue weighted by molar-refractivity contribution is 5.79. The average molecular weight is 257 g/mol. The highest BCUT2D eigenvalue weighted by atomic mass is 19.1. The van der Waals surface area contributed by atoms with Crippen LogP contribution in [0, 0.1) is 15.9 Å². The van der Waals surface area contributed by atoms with Crippen molar-refractivity contribution in [2.24, 2.45) is 11.5 Å². The van der Waals surface area contributed by atoms with E-state index in [0.29, 0.717) is 0 Å². The Labute approximate surface area is 102 Å². The Bertz CT molecular complexity index is 466. The van der Waals surface area contributed by atoms with Gasteiger partial charge in [-0.1, -0.05) is 6.07 Å². The molecule has 4 N–H and O–H groups in total. The first-order valence-electron chi connectivity index (χ1n) is 5.04. The van der Waals surface area contributed by atoms with Crippen LogP contribution in [-0.4, -0.2) is 23.5 Å². The molecule has 0 aliphatic rings. The number of nitro benzene ring substituents is 1. The maximum absolute atomic E-state index is 13.3. The monoisotopic (exact) mass is 257 g/mol. The number of halogens is 1. The summed E-state index contributed by atoms with van der Waals surface area (Å²) in [5.74, 6) is -2.04. The van der Waals surface area contributed by atoms with Crippen LogP contribution in [0.3, 0.4) is 0 Å². The quantitative estimate of drug-likeness (QED) is 0.561. The van der Waals surface area contributed by atoms with E-state index in [1.54, 1.807) is 0 Å². The normalized spacial score (nSPS) is 11.9. The molecule has 1 amide bonds. The summed E-state index contributed by atoms with van der Waals surface area (Å²) in [5, 5.41) is 10.6. The first-order valence-corrected chi connectivity index (χ1v) is 5.04. The first kappa shape index (κ1) is 13.8. The Morgan fingerprint density at radius 2 is 2.22 bits per heavy atom. The van der Waals surface area contributed by atoms with Gasteiger partial charge in [0.1, 0.15) is 0 Å². The number of benzene rings is 1. The summed E-state index contributed by atoms with van der Waals surface area (Å²) < 4.78 is 18.3. The summed E-state index contributed by atoms with van der Waals surface area (Å²) in [6.07, 6.45) is 0.0425. The van der Waals surface area contributed by atoms with Crippen LogP contribution >= 0.6 is 0 Å². The number of carbonyl (C=O) groups excluding carboxylic acids is 1. The molecule has 1 aromatic carbocycles. The maximum Gasteiger partial charge on any atom is 0.314 e. The van der Waals surface area contributed by atoms with Crippen LogP contribution in [0.25, 0.3) is 0 Å². The zero-order valence-corrected chi connectivity index (χ0v) is 9.34. The van der Waals surface area contributed by atoms with E-state index in [-0.39, 0.29) is 13.0 Å². The molecule has 7 nitrogen and oxygen atoms in total. The number of hydrogen-bond donors (Lipinski definition) is 2. The van der Waals surface area contributed by atoms with Gasteiger partial charge in [-0.15, -0.1) is 0 Å². The Hall–Kier alpha value is -2.22. The minimum absolute atomic E-state index is 0.0425. The molecule has 0 saturated heterocycles. The third-order valence-corrected chi connectivity index (χ3v) is 2.18. The fourth-order valence-electron chi connectivity index (χ4n) is 1.21. The highest BCUT2D eigenvalue weighted by Gasteiger charge is 2.19. The molecule has 0 aliphatic heterocycles. The van der Waals surface area contributed by atoms with Crippen molar-refractivity contribution in [1.82, 2.24) is 0 Å². The van der Waals surface area contributed by atoms with Crippen LogP contribution < -0.4 is 16.2 Å². The molecule has 0 saturated carbocycles. The van der Waals surface area contributed by atoms with E-state index >= 15 is 0 Å². The zero-order chi connectivity index (χ0) is 13.7. The van der Waals surface area contributed by atoms with E-state index in [2.05, 4.69) is 0 Å². The van der Waals surface area contributed by atoms with Crippen LogP contribution in [0.5, 0.6) is 5.75 Å². The molecule has 8 heteroatoms. The molecular weight excluding hydrogens is 245 g/mol. The Balaban J connectivity index is 2.72. The number of rotatable bonds is 6. The second-order valence-corrected chi connectivity index (χ2v) is 3.49. The predicted molar refractivity (Wildman–Crippen MR) is 60.3 cm³/mol. The summed E-state index contributed by atoms with van der Waals surface area (Å²) in [7, 11) is 0. The van der Waals surface area contributed by atoms with Crippen LogP contribution in [0.2, 0.25) is 0 Å².